The number of carbonyl (C=O) groups excluding carboxylic acids is 2. The number of hydrogen-bond acceptors (Lipinski definition) is 5. The molecule has 0 saturated carbocycles. The number of benzene rings is 2. The zero-order valence-electron chi connectivity index (χ0n) is 18.9. The average molecular weight is 455 g/mol. The van der Waals surface area contributed by atoms with Gasteiger partial charge in [-0.15, -0.1) is 0 Å². The van der Waals surface area contributed by atoms with E-state index in [4.69, 9.17) is 14.6 Å². The van der Waals surface area contributed by atoms with Crippen molar-refractivity contribution in [2.45, 2.75) is 31.7 Å². The summed E-state index contributed by atoms with van der Waals surface area (Å²) in [5, 5.41) is 14.3. The molecule has 0 bridgehead atoms. The van der Waals surface area contributed by atoms with Crippen LogP contribution in [0.5, 0.6) is 0 Å². The average Bonchev–Trinajstić information content (AvgIpc) is 3.13. The van der Waals surface area contributed by atoms with E-state index in [9.17, 15) is 14.4 Å². The Morgan fingerprint density at radius 1 is 1.03 bits per heavy atom. The molecule has 0 radical (unpaired) electrons. The molecule has 0 saturated heterocycles. The number of methoxy groups -OCH3 is 1. The Balaban J connectivity index is 1.41. The van der Waals surface area contributed by atoms with E-state index in [1.807, 2.05) is 24.3 Å². The van der Waals surface area contributed by atoms with Crippen molar-refractivity contribution in [2.75, 3.05) is 26.9 Å². The number of alkyl carbamates (subject to hydrolysis) is 1. The van der Waals surface area contributed by atoms with Gasteiger partial charge in [-0.2, -0.15) is 0 Å². The van der Waals surface area contributed by atoms with Gasteiger partial charge in [0, 0.05) is 25.5 Å². The lowest BCUT2D eigenvalue weighted by atomic mass is 9.98. The van der Waals surface area contributed by atoms with Crippen LogP contribution in [-0.2, 0) is 19.1 Å². The first kappa shape index (κ1) is 24.3. The van der Waals surface area contributed by atoms with E-state index >= 15 is 0 Å². The minimum atomic E-state index is -1.14. The number of carbonyl (C=O) groups is 3. The fourth-order valence-corrected chi connectivity index (χ4v) is 4.03. The second-order valence-corrected chi connectivity index (χ2v) is 8.15. The molecule has 8 heteroatoms. The fourth-order valence-electron chi connectivity index (χ4n) is 4.03. The topological polar surface area (TPSA) is 114 Å². The van der Waals surface area contributed by atoms with Crippen molar-refractivity contribution in [1.29, 1.82) is 0 Å². The molecule has 3 rings (SSSR count). The van der Waals surface area contributed by atoms with Gasteiger partial charge in [-0.25, -0.2) is 9.59 Å². The monoisotopic (exact) mass is 454 g/mol. The molecule has 0 spiro atoms. The molecule has 0 heterocycles. The van der Waals surface area contributed by atoms with E-state index in [0.29, 0.717) is 19.4 Å². The molecule has 176 valence electrons. The normalized spacial score (nSPS) is 14.0. The highest BCUT2D eigenvalue weighted by molar-refractivity contribution is 5.84. The van der Waals surface area contributed by atoms with Crippen LogP contribution in [0.1, 0.15) is 36.8 Å². The van der Waals surface area contributed by atoms with Gasteiger partial charge >= 0.3 is 12.1 Å². The summed E-state index contributed by atoms with van der Waals surface area (Å²) < 4.78 is 10.3. The van der Waals surface area contributed by atoms with Gasteiger partial charge in [-0.05, 0) is 35.1 Å². The minimum Gasteiger partial charge on any atom is -0.480 e. The molecule has 2 aromatic rings. The highest BCUT2D eigenvalue weighted by atomic mass is 16.5. The van der Waals surface area contributed by atoms with Crippen molar-refractivity contribution in [2.24, 2.45) is 5.92 Å². The molecule has 0 fully saturated rings. The molecular formula is C25H30N2O6. The first-order valence-corrected chi connectivity index (χ1v) is 11.0. The smallest absolute Gasteiger partial charge is 0.407 e. The second kappa shape index (κ2) is 11.5. The summed E-state index contributed by atoms with van der Waals surface area (Å²) in [6, 6.07) is 15.2. The first-order valence-electron chi connectivity index (χ1n) is 11.0. The zero-order valence-corrected chi connectivity index (χ0v) is 18.9. The first-order chi connectivity index (χ1) is 15.9. The summed E-state index contributed by atoms with van der Waals surface area (Å²) in [6.07, 6.45) is 0.551. The molecule has 1 aliphatic rings. The van der Waals surface area contributed by atoms with Gasteiger partial charge in [0.15, 0.2) is 6.04 Å². The van der Waals surface area contributed by atoms with E-state index < -0.39 is 24.0 Å². The van der Waals surface area contributed by atoms with Gasteiger partial charge in [0.25, 0.3) is 0 Å². The Hall–Kier alpha value is -3.39. The maximum atomic E-state index is 12.2. The summed E-state index contributed by atoms with van der Waals surface area (Å²) in [7, 11) is 1.38. The molecule has 3 N–H and O–H groups in total. The Morgan fingerprint density at radius 3 is 2.21 bits per heavy atom. The molecule has 1 unspecified atom stereocenters. The second-order valence-electron chi connectivity index (χ2n) is 8.15. The molecule has 0 aliphatic heterocycles. The molecule has 2 atom stereocenters. The molecule has 33 heavy (non-hydrogen) atoms. The quantitative estimate of drug-likeness (QED) is 0.450. The van der Waals surface area contributed by atoms with Crippen LogP contribution in [0.4, 0.5) is 4.79 Å². The van der Waals surface area contributed by atoms with Crippen LogP contribution in [0.25, 0.3) is 11.1 Å². The van der Waals surface area contributed by atoms with E-state index in [2.05, 4.69) is 34.9 Å². The van der Waals surface area contributed by atoms with Crippen LogP contribution < -0.4 is 10.6 Å². The van der Waals surface area contributed by atoms with Crippen molar-refractivity contribution in [1.82, 2.24) is 10.6 Å². The van der Waals surface area contributed by atoms with E-state index in [1.54, 1.807) is 6.92 Å². The summed E-state index contributed by atoms with van der Waals surface area (Å²) >= 11 is 0. The lowest BCUT2D eigenvalue weighted by Crippen LogP contribution is -2.45. The number of fused-ring (bicyclic) bond motifs is 3. The SMILES string of the molecule is COC[C@H](NC(=O)C(C)CCCNC(=O)OCC1c2ccccc2-c2ccccc21)C(=O)O. The molecular weight excluding hydrogens is 424 g/mol. The largest absolute Gasteiger partial charge is 0.480 e. The Labute approximate surface area is 193 Å². The predicted molar refractivity (Wildman–Crippen MR) is 123 cm³/mol. The predicted octanol–water partition coefficient (Wildman–Crippen LogP) is 3.16. The number of ether oxygens (including phenoxy) is 2. The van der Waals surface area contributed by atoms with Gasteiger partial charge in [0.2, 0.25) is 5.91 Å². The third kappa shape index (κ3) is 6.10. The number of hydrogen-bond donors (Lipinski definition) is 3. The standard InChI is InChI=1S/C25H30N2O6/c1-16(23(28)27-22(15-32-2)24(29)30)8-7-13-26-25(31)33-14-21-19-11-5-3-9-17(19)18-10-4-6-12-20(18)21/h3-6,9-12,16,21-22H,7-8,13-15H2,1-2H3,(H,26,31)(H,27,28)(H,29,30)/t16?,22-/m0/s1. The highest BCUT2D eigenvalue weighted by Gasteiger charge is 2.29. The molecule has 2 aromatic carbocycles. The van der Waals surface area contributed by atoms with Crippen molar-refractivity contribution >= 4 is 18.0 Å². The van der Waals surface area contributed by atoms with Crippen molar-refractivity contribution in [3.05, 3.63) is 59.7 Å². The van der Waals surface area contributed by atoms with Crippen LogP contribution in [0, 0.1) is 5.92 Å². The van der Waals surface area contributed by atoms with Gasteiger partial charge < -0.3 is 25.2 Å². The zero-order chi connectivity index (χ0) is 23.8. The summed E-state index contributed by atoms with van der Waals surface area (Å²) in [5.74, 6) is -1.90. The van der Waals surface area contributed by atoms with Crippen LogP contribution >= 0.6 is 0 Å². The van der Waals surface area contributed by atoms with Gasteiger partial charge in [-0.1, -0.05) is 55.5 Å². The summed E-state index contributed by atoms with van der Waals surface area (Å²) in [5.41, 5.74) is 4.65. The van der Waals surface area contributed by atoms with Crippen molar-refractivity contribution in [3.8, 4) is 11.1 Å². The molecule has 2 amide bonds. The van der Waals surface area contributed by atoms with Crippen LogP contribution in [0.2, 0.25) is 0 Å². The summed E-state index contributed by atoms with van der Waals surface area (Å²) in [6.45, 7) is 2.22. The van der Waals surface area contributed by atoms with Crippen LogP contribution in [-0.4, -0.2) is 56.0 Å². The van der Waals surface area contributed by atoms with E-state index in [-0.39, 0.29) is 25.0 Å². The maximum absolute atomic E-state index is 12.2. The number of nitrogens with one attached hydrogen (secondary N) is 2. The molecule has 1 aliphatic carbocycles. The number of carboxylic acid groups (broad SMARTS) is 1. The van der Waals surface area contributed by atoms with E-state index in [1.165, 1.54) is 18.2 Å². The van der Waals surface area contributed by atoms with Crippen LogP contribution in [0.15, 0.2) is 48.5 Å². The van der Waals surface area contributed by atoms with Crippen LogP contribution in [0.3, 0.4) is 0 Å². The molecule has 8 nitrogen and oxygen atoms in total. The third-order valence-electron chi connectivity index (χ3n) is 5.82. The van der Waals surface area contributed by atoms with Gasteiger partial charge in [0.1, 0.15) is 6.61 Å². The summed E-state index contributed by atoms with van der Waals surface area (Å²) in [4.78, 5) is 35.5. The lowest BCUT2D eigenvalue weighted by Gasteiger charge is -2.17. The highest BCUT2D eigenvalue weighted by Crippen LogP contribution is 2.44. The lowest BCUT2D eigenvalue weighted by molar-refractivity contribution is -0.143. The number of aliphatic carboxylic acids is 1. The Morgan fingerprint density at radius 2 is 1.64 bits per heavy atom. The van der Waals surface area contributed by atoms with E-state index in [0.717, 1.165) is 11.1 Å². The van der Waals surface area contributed by atoms with Crippen molar-refractivity contribution < 1.29 is 29.0 Å². The number of rotatable bonds is 11. The Bertz CT molecular complexity index is 947. The van der Waals surface area contributed by atoms with Gasteiger partial charge in [0.05, 0.1) is 6.61 Å². The fraction of sp³-hybridized carbons (Fsp3) is 0.400. The number of amides is 2. The third-order valence-corrected chi connectivity index (χ3v) is 5.82. The minimum absolute atomic E-state index is 0.00106. The van der Waals surface area contributed by atoms with Crippen molar-refractivity contribution in [3.63, 3.8) is 0 Å². The number of carboxylic acids is 1. The molecule has 0 aromatic heterocycles. The van der Waals surface area contributed by atoms with Gasteiger partial charge in [-0.3, -0.25) is 4.79 Å². The Kier molecular flexibility index (Phi) is 8.43. The maximum Gasteiger partial charge on any atom is 0.407 e.